The summed E-state index contributed by atoms with van der Waals surface area (Å²) in [6.45, 7) is 6.23. The van der Waals surface area contributed by atoms with Crippen LogP contribution in [0.4, 0.5) is 10.6 Å². The van der Waals surface area contributed by atoms with Gasteiger partial charge in [-0.05, 0) is 57.2 Å². The number of rotatable bonds is 7. The monoisotopic (exact) mass is 636 g/mol. The van der Waals surface area contributed by atoms with Crippen molar-refractivity contribution >= 4 is 28.7 Å². The standard InChI is InChI=1S/C35H36N6O6/c1-35(2,3)46-34(43)40-39-33(42)26-17-28(38-30-18-31(36)37-19-27(26)30)23-11-7-21(8-12-23)22-9-13-24(14-10-22)29-16-25(47-41-29)20-45-32-6-4-5-15-44-32/h7-14,16-19,32H,4-6,15,20H2,1-3H3,(H2,36,37)(H,39,42)(H,40,43). The quantitative estimate of drug-likeness (QED) is 0.170. The van der Waals surface area contributed by atoms with Gasteiger partial charge in [0.2, 0.25) is 0 Å². The van der Waals surface area contributed by atoms with Crippen LogP contribution >= 0.6 is 0 Å². The van der Waals surface area contributed by atoms with Gasteiger partial charge in [-0.1, -0.05) is 53.7 Å². The van der Waals surface area contributed by atoms with Crippen LogP contribution in [0.1, 0.15) is 56.2 Å². The van der Waals surface area contributed by atoms with Crippen molar-refractivity contribution in [3.63, 3.8) is 0 Å². The lowest BCUT2D eigenvalue weighted by Gasteiger charge is -2.21. The van der Waals surface area contributed by atoms with E-state index in [-0.39, 0.29) is 17.7 Å². The van der Waals surface area contributed by atoms with E-state index in [0.29, 0.717) is 29.0 Å². The van der Waals surface area contributed by atoms with Gasteiger partial charge in [0.1, 0.15) is 23.7 Å². The van der Waals surface area contributed by atoms with E-state index in [4.69, 9.17) is 29.5 Å². The summed E-state index contributed by atoms with van der Waals surface area (Å²) < 4.78 is 22.1. The number of hydrazine groups is 1. The molecule has 6 rings (SSSR count). The highest BCUT2D eigenvalue weighted by Crippen LogP contribution is 2.29. The summed E-state index contributed by atoms with van der Waals surface area (Å²) in [6.07, 6.45) is 3.58. The van der Waals surface area contributed by atoms with E-state index >= 15 is 0 Å². The van der Waals surface area contributed by atoms with Gasteiger partial charge < -0.3 is 24.5 Å². The van der Waals surface area contributed by atoms with Gasteiger partial charge in [-0.2, -0.15) is 0 Å². The van der Waals surface area contributed by atoms with Crippen LogP contribution in [0.5, 0.6) is 0 Å². The maximum absolute atomic E-state index is 13.2. The molecule has 0 saturated carbocycles. The number of fused-ring (bicyclic) bond motifs is 1. The number of amides is 2. The number of anilines is 1. The first kappa shape index (κ1) is 31.6. The Balaban J connectivity index is 1.16. The lowest BCUT2D eigenvalue weighted by atomic mass is 9.99. The minimum absolute atomic E-state index is 0.189. The van der Waals surface area contributed by atoms with Crippen LogP contribution in [0.25, 0.3) is 44.5 Å². The van der Waals surface area contributed by atoms with Gasteiger partial charge in [-0.25, -0.2) is 20.2 Å². The predicted molar refractivity (Wildman–Crippen MR) is 176 cm³/mol. The van der Waals surface area contributed by atoms with Gasteiger partial charge in [-0.15, -0.1) is 0 Å². The van der Waals surface area contributed by atoms with Crippen LogP contribution < -0.4 is 16.6 Å². The average molecular weight is 637 g/mol. The van der Waals surface area contributed by atoms with Crippen LogP contribution in [0.15, 0.2) is 77.4 Å². The lowest BCUT2D eigenvalue weighted by Crippen LogP contribution is -2.44. The van der Waals surface area contributed by atoms with Gasteiger partial charge in [-0.3, -0.25) is 10.2 Å². The molecule has 1 unspecified atom stereocenters. The number of pyridine rings is 2. The molecule has 0 aliphatic carbocycles. The third-order valence-corrected chi connectivity index (χ3v) is 7.44. The molecule has 2 aromatic carbocycles. The second kappa shape index (κ2) is 13.6. The summed E-state index contributed by atoms with van der Waals surface area (Å²) in [5, 5.41) is 4.69. The molecule has 47 heavy (non-hydrogen) atoms. The van der Waals surface area contributed by atoms with E-state index < -0.39 is 17.6 Å². The zero-order chi connectivity index (χ0) is 33.0. The summed E-state index contributed by atoms with van der Waals surface area (Å²) in [7, 11) is 0. The van der Waals surface area contributed by atoms with Gasteiger partial charge in [0.25, 0.3) is 5.91 Å². The number of nitrogens with zero attached hydrogens (tertiary/aromatic N) is 3. The highest BCUT2D eigenvalue weighted by molar-refractivity contribution is 6.07. The van der Waals surface area contributed by atoms with Crippen LogP contribution in [0.3, 0.4) is 0 Å². The largest absolute Gasteiger partial charge is 0.443 e. The fraction of sp³-hybridized carbons (Fsp3) is 0.286. The first-order valence-corrected chi connectivity index (χ1v) is 15.4. The van der Waals surface area contributed by atoms with Gasteiger partial charge in [0, 0.05) is 41.4 Å². The number of aromatic nitrogens is 3. The molecule has 1 aliphatic rings. The molecule has 1 fully saturated rings. The fourth-order valence-electron chi connectivity index (χ4n) is 5.15. The summed E-state index contributed by atoms with van der Waals surface area (Å²) >= 11 is 0. The Morgan fingerprint density at radius 3 is 2.26 bits per heavy atom. The van der Waals surface area contributed by atoms with Crippen molar-refractivity contribution in [3.05, 3.63) is 84.3 Å². The number of nitrogens with one attached hydrogen (secondary N) is 2. The van der Waals surface area contributed by atoms with Crippen LogP contribution in [0, 0.1) is 0 Å². The molecule has 4 heterocycles. The van der Waals surface area contributed by atoms with E-state index in [1.54, 1.807) is 32.9 Å². The molecule has 5 aromatic rings. The predicted octanol–water partition coefficient (Wildman–Crippen LogP) is 6.41. The molecule has 4 N–H and O–H groups in total. The van der Waals surface area contributed by atoms with E-state index in [1.165, 1.54) is 6.20 Å². The van der Waals surface area contributed by atoms with Crippen molar-refractivity contribution in [2.45, 2.75) is 58.5 Å². The minimum Gasteiger partial charge on any atom is -0.443 e. The van der Waals surface area contributed by atoms with Crippen molar-refractivity contribution < 1.29 is 28.3 Å². The number of hydrogen-bond donors (Lipinski definition) is 3. The van der Waals surface area contributed by atoms with E-state index in [9.17, 15) is 9.59 Å². The zero-order valence-electron chi connectivity index (χ0n) is 26.4. The first-order valence-electron chi connectivity index (χ1n) is 15.4. The number of hydrogen-bond acceptors (Lipinski definition) is 10. The van der Waals surface area contributed by atoms with Crippen molar-refractivity contribution in [3.8, 4) is 33.6 Å². The molecule has 1 atom stereocenters. The first-order chi connectivity index (χ1) is 22.6. The molecule has 0 radical (unpaired) electrons. The third-order valence-electron chi connectivity index (χ3n) is 7.44. The third kappa shape index (κ3) is 7.91. The Labute approximate surface area is 271 Å². The topological polar surface area (TPSA) is 164 Å². The fourth-order valence-corrected chi connectivity index (χ4v) is 5.15. The molecule has 12 nitrogen and oxygen atoms in total. The van der Waals surface area contributed by atoms with Gasteiger partial charge in [0.05, 0.1) is 16.8 Å². The smallest absolute Gasteiger partial charge is 0.426 e. The Bertz CT molecular complexity index is 1880. The summed E-state index contributed by atoms with van der Waals surface area (Å²) in [5.41, 5.74) is 15.6. The van der Waals surface area contributed by atoms with E-state index in [1.807, 2.05) is 54.6 Å². The number of nitrogens with two attached hydrogens (primary N) is 1. The summed E-state index contributed by atoms with van der Waals surface area (Å²) in [5.74, 6) is 0.358. The van der Waals surface area contributed by atoms with Gasteiger partial charge in [0.15, 0.2) is 12.1 Å². The lowest BCUT2D eigenvalue weighted by molar-refractivity contribution is -0.171. The molecule has 242 valence electrons. The summed E-state index contributed by atoms with van der Waals surface area (Å²) in [6, 6.07) is 21.0. The van der Waals surface area contributed by atoms with E-state index in [2.05, 4.69) is 21.0 Å². The second-order valence-corrected chi connectivity index (χ2v) is 12.2. The number of benzene rings is 2. The molecule has 3 aromatic heterocycles. The minimum atomic E-state index is -0.781. The highest BCUT2D eigenvalue weighted by atomic mass is 16.7. The SMILES string of the molecule is CC(C)(C)OC(=O)NNC(=O)c1cc(-c2ccc(-c3ccc(-c4cc(COC5CCCCO5)on4)cc3)cc2)nc2cc(N)ncc12. The molecular formula is C35H36N6O6. The second-order valence-electron chi connectivity index (χ2n) is 12.2. The molecule has 12 heteroatoms. The van der Waals surface area contributed by atoms with Gasteiger partial charge >= 0.3 is 6.09 Å². The number of carbonyl (C=O) groups is 2. The Hall–Kier alpha value is -5.33. The van der Waals surface area contributed by atoms with Crippen molar-refractivity contribution in [2.24, 2.45) is 0 Å². The van der Waals surface area contributed by atoms with Crippen LogP contribution in [-0.2, 0) is 20.8 Å². The Morgan fingerprint density at radius 2 is 1.60 bits per heavy atom. The molecular weight excluding hydrogens is 600 g/mol. The Morgan fingerprint density at radius 1 is 0.915 bits per heavy atom. The molecule has 0 spiro atoms. The zero-order valence-corrected chi connectivity index (χ0v) is 26.4. The maximum atomic E-state index is 13.2. The van der Waals surface area contributed by atoms with Crippen LogP contribution in [-0.4, -0.2) is 45.6 Å². The number of carbonyl (C=O) groups excluding carboxylic acids is 2. The maximum Gasteiger partial charge on any atom is 0.426 e. The normalized spacial score (nSPS) is 14.9. The number of ether oxygens (including phenoxy) is 3. The molecule has 0 bridgehead atoms. The van der Waals surface area contributed by atoms with Crippen molar-refractivity contribution in [2.75, 3.05) is 12.3 Å². The van der Waals surface area contributed by atoms with E-state index in [0.717, 1.165) is 53.8 Å². The average Bonchev–Trinajstić information content (AvgIpc) is 3.55. The molecule has 2 amide bonds. The van der Waals surface area contributed by atoms with Crippen molar-refractivity contribution in [1.29, 1.82) is 0 Å². The summed E-state index contributed by atoms with van der Waals surface area (Å²) in [4.78, 5) is 34.1. The molecule has 1 aliphatic heterocycles. The number of nitrogen functional groups attached to an aromatic ring is 1. The van der Waals surface area contributed by atoms with Crippen LogP contribution in [0.2, 0.25) is 0 Å². The molecule has 1 saturated heterocycles. The van der Waals surface area contributed by atoms with Crippen molar-refractivity contribution in [1.82, 2.24) is 26.0 Å². The highest BCUT2D eigenvalue weighted by Gasteiger charge is 2.20. The Kier molecular flexibility index (Phi) is 9.14.